The standard InChI is InChI=1S/C9H20N2/c1-8(10)7-11(2)9-5-3-4-6-9/h8-9H,3-7,10H2,1-2H3/t8-/m0/s1. The lowest BCUT2D eigenvalue weighted by Crippen LogP contribution is -2.38. The van der Waals surface area contributed by atoms with Crippen LogP contribution in [0.5, 0.6) is 0 Å². The van der Waals surface area contributed by atoms with Crippen LogP contribution in [-0.2, 0) is 0 Å². The van der Waals surface area contributed by atoms with Gasteiger partial charge in [-0.05, 0) is 26.8 Å². The number of nitrogens with zero attached hydrogens (tertiary/aromatic N) is 1. The van der Waals surface area contributed by atoms with Gasteiger partial charge in [0.2, 0.25) is 0 Å². The molecule has 0 saturated heterocycles. The van der Waals surface area contributed by atoms with E-state index in [1.165, 1.54) is 25.7 Å². The highest BCUT2D eigenvalue weighted by molar-refractivity contribution is 4.76. The predicted molar refractivity (Wildman–Crippen MR) is 48.5 cm³/mol. The Bertz CT molecular complexity index is 106. The maximum absolute atomic E-state index is 5.72. The van der Waals surface area contributed by atoms with Crippen molar-refractivity contribution in [3.05, 3.63) is 0 Å². The quantitative estimate of drug-likeness (QED) is 0.665. The van der Waals surface area contributed by atoms with Crippen molar-refractivity contribution in [2.24, 2.45) is 5.73 Å². The summed E-state index contributed by atoms with van der Waals surface area (Å²) in [5, 5.41) is 0. The van der Waals surface area contributed by atoms with Crippen LogP contribution in [0.3, 0.4) is 0 Å². The minimum absolute atomic E-state index is 0.320. The van der Waals surface area contributed by atoms with E-state index in [2.05, 4.69) is 18.9 Å². The Morgan fingerprint density at radius 1 is 1.45 bits per heavy atom. The van der Waals surface area contributed by atoms with Gasteiger partial charge in [-0.1, -0.05) is 12.8 Å². The van der Waals surface area contributed by atoms with Crippen molar-refractivity contribution >= 4 is 0 Å². The molecule has 0 aliphatic heterocycles. The average molecular weight is 156 g/mol. The summed E-state index contributed by atoms with van der Waals surface area (Å²) in [6, 6.07) is 1.14. The molecule has 1 saturated carbocycles. The Kier molecular flexibility index (Phi) is 3.34. The number of nitrogens with two attached hydrogens (primary N) is 1. The van der Waals surface area contributed by atoms with Gasteiger partial charge in [0, 0.05) is 18.6 Å². The molecule has 0 unspecified atom stereocenters. The summed E-state index contributed by atoms with van der Waals surface area (Å²) in [5.41, 5.74) is 5.72. The highest BCUT2D eigenvalue weighted by Crippen LogP contribution is 2.21. The van der Waals surface area contributed by atoms with Crippen LogP contribution in [0.15, 0.2) is 0 Å². The summed E-state index contributed by atoms with van der Waals surface area (Å²) in [5.74, 6) is 0. The Morgan fingerprint density at radius 2 is 2.00 bits per heavy atom. The zero-order valence-electron chi connectivity index (χ0n) is 7.71. The maximum atomic E-state index is 5.72. The second kappa shape index (κ2) is 4.07. The molecule has 0 radical (unpaired) electrons. The van der Waals surface area contributed by atoms with Crippen molar-refractivity contribution in [3.8, 4) is 0 Å². The molecule has 0 spiro atoms. The van der Waals surface area contributed by atoms with Gasteiger partial charge < -0.3 is 10.6 Å². The van der Waals surface area contributed by atoms with Crippen LogP contribution in [0.1, 0.15) is 32.6 Å². The molecule has 0 aromatic carbocycles. The molecular formula is C9H20N2. The van der Waals surface area contributed by atoms with E-state index in [9.17, 15) is 0 Å². The summed E-state index contributed by atoms with van der Waals surface area (Å²) >= 11 is 0. The summed E-state index contributed by atoms with van der Waals surface area (Å²) in [4.78, 5) is 2.41. The first-order chi connectivity index (χ1) is 5.20. The number of hydrogen-bond acceptors (Lipinski definition) is 2. The molecule has 11 heavy (non-hydrogen) atoms. The number of likely N-dealkylation sites (N-methyl/N-ethyl adjacent to an activating group) is 1. The largest absolute Gasteiger partial charge is 0.327 e. The second-order valence-corrected chi connectivity index (χ2v) is 3.86. The third kappa shape index (κ3) is 2.80. The van der Waals surface area contributed by atoms with E-state index in [0.29, 0.717) is 6.04 Å². The lowest BCUT2D eigenvalue weighted by Gasteiger charge is -2.25. The fourth-order valence-corrected chi connectivity index (χ4v) is 1.95. The molecule has 0 aromatic rings. The van der Waals surface area contributed by atoms with E-state index in [4.69, 9.17) is 5.73 Å². The van der Waals surface area contributed by atoms with Gasteiger partial charge in [-0.2, -0.15) is 0 Å². The van der Waals surface area contributed by atoms with Crippen LogP contribution in [-0.4, -0.2) is 30.6 Å². The van der Waals surface area contributed by atoms with E-state index in [1.807, 2.05) is 0 Å². The Balaban J connectivity index is 2.22. The molecule has 2 nitrogen and oxygen atoms in total. The number of hydrogen-bond donors (Lipinski definition) is 1. The van der Waals surface area contributed by atoms with Gasteiger partial charge in [0.15, 0.2) is 0 Å². The van der Waals surface area contributed by atoms with Crippen molar-refractivity contribution < 1.29 is 0 Å². The van der Waals surface area contributed by atoms with Crippen molar-refractivity contribution in [1.29, 1.82) is 0 Å². The molecule has 0 amide bonds. The van der Waals surface area contributed by atoms with Crippen molar-refractivity contribution in [2.45, 2.75) is 44.7 Å². The maximum Gasteiger partial charge on any atom is 0.0139 e. The zero-order valence-corrected chi connectivity index (χ0v) is 7.71. The first-order valence-electron chi connectivity index (χ1n) is 4.66. The Morgan fingerprint density at radius 3 is 2.45 bits per heavy atom. The fourth-order valence-electron chi connectivity index (χ4n) is 1.95. The third-order valence-electron chi connectivity index (χ3n) is 2.52. The molecule has 1 fully saturated rings. The number of rotatable bonds is 3. The van der Waals surface area contributed by atoms with E-state index >= 15 is 0 Å². The van der Waals surface area contributed by atoms with Gasteiger partial charge in [0.1, 0.15) is 0 Å². The van der Waals surface area contributed by atoms with Gasteiger partial charge in [-0.25, -0.2) is 0 Å². The lowest BCUT2D eigenvalue weighted by molar-refractivity contribution is 0.235. The van der Waals surface area contributed by atoms with Crippen molar-refractivity contribution in [2.75, 3.05) is 13.6 Å². The van der Waals surface area contributed by atoms with Gasteiger partial charge in [0.05, 0.1) is 0 Å². The molecule has 1 aliphatic rings. The minimum Gasteiger partial charge on any atom is -0.327 e. The van der Waals surface area contributed by atoms with E-state index < -0.39 is 0 Å². The average Bonchev–Trinajstić information content (AvgIpc) is 2.35. The third-order valence-corrected chi connectivity index (χ3v) is 2.52. The summed E-state index contributed by atoms with van der Waals surface area (Å²) in [6.45, 7) is 3.12. The van der Waals surface area contributed by atoms with Crippen LogP contribution in [0.25, 0.3) is 0 Å². The Labute approximate surface area is 69.8 Å². The van der Waals surface area contributed by atoms with Crippen molar-refractivity contribution in [3.63, 3.8) is 0 Å². The molecule has 1 aliphatic carbocycles. The fraction of sp³-hybridized carbons (Fsp3) is 1.00. The molecule has 2 N–H and O–H groups in total. The van der Waals surface area contributed by atoms with Gasteiger partial charge >= 0.3 is 0 Å². The van der Waals surface area contributed by atoms with E-state index in [1.54, 1.807) is 0 Å². The molecule has 1 atom stereocenters. The first kappa shape index (κ1) is 9.01. The summed E-state index contributed by atoms with van der Waals surface area (Å²) in [7, 11) is 2.19. The van der Waals surface area contributed by atoms with E-state index in [0.717, 1.165) is 12.6 Å². The van der Waals surface area contributed by atoms with Gasteiger partial charge in [-0.15, -0.1) is 0 Å². The summed E-state index contributed by atoms with van der Waals surface area (Å²) < 4.78 is 0. The molecule has 0 bridgehead atoms. The van der Waals surface area contributed by atoms with Crippen molar-refractivity contribution in [1.82, 2.24) is 4.90 Å². The zero-order chi connectivity index (χ0) is 8.27. The molecule has 66 valence electrons. The molecular weight excluding hydrogens is 136 g/mol. The summed E-state index contributed by atoms with van der Waals surface area (Å²) in [6.07, 6.45) is 5.58. The topological polar surface area (TPSA) is 29.3 Å². The SMILES string of the molecule is C[C@H](N)CN(C)C1CCCC1. The highest BCUT2D eigenvalue weighted by Gasteiger charge is 2.19. The van der Waals surface area contributed by atoms with Crippen LogP contribution in [0, 0.1) is 0 Å². The molecule has 2 heteroatoms. The molecule has 0 heterocycles. The van der Waals surface area contributed by atoms with Crippen LogP contribution in [0.4, 0.5) is 0 Å². The monoisotopic (exact) mass is 156 g/mol. The smallest absolute Gasteiger partial charge is 0.0139 e. The molecule has 0 aromatic heterocycles. The highest BCUT2D eigenvalue weighted by atomic mass is 15.1. The first-order valence-corrected chi connectivity index (χ1v) is 4.66. The van der Waals surface area contributed by atoms with Crippen LogP contribution >= 0.6 is 0 Å². The normalized spacial score (nSPS) is 22.9. The van der Waals surface area contributed by atoms with E-state index in [-0.39, 0.29) is 0 Å². The predicted octanol–water partition coefficient (Wildman–Crippen LogP) is 1.21. The van der Waals surface area contributed by atoms with Crippen LogP contribution < -0.4 is 5.73 Å². The van der Waals surface area contributed by atoms with Gasteiger partial charge in [-0.3, -0.25) is 0 Å². The Hall–Kier alpha value is -0.0800. The second-order valence-electron chi connectivity index (χ2n) is 3.86. The molecule has 1 rings (SSSR count). The minimum atomic E-state index is 0.320. The van der Waals surface area contributed by atoms with Gasteiger partial charge in [0.25, 0.3) is 0 Å². The van der Waals surface area contributed by atoms with Crippen LogP contribution in [0.2, 0.25) is 0 Å². The lowest BCUT2D eigenvalue weighted by atomic mass is 10.2.